The molecule has 1 unspecified atom stereocenters. The molecule has 0 bridgehead atoms. The first-order valence-electron chi connectivity index (χ1n) is 5.56. The van der Waals surface area contributed by atoms with Gasteiger partial charge in [-0.15, -0.1) is 0 Å². The lowest BCUT2D eigenvalue weighted by Crippen LogP contribution is -2.37. The molecule has 0 amide bonds. The lowest BCUT2D eigenvalue weighted by molar-refractivity contribution is 0.655. The van der Waals surface area contributed by atoms with Gasteiger partial charge in [0.05, 0.1) is 11.9 Å². The molecule has 4 heteroatoms. The van der Waals surface area contributed by atoms with E-state index in [4.69, 9.17) is 5.73 Å². The Labute approximate surface area is 89.2 Å². The first-order chi connectivity index (χ1) is 7.34. The Bertz CT molecular complexity index is 405. The fourth-order valence-electron chi connectivity index (χ4n) is 2.44. The number of nitrogens with zero attached hydrogens (tertiary/aromatic N) is 2. The summed E-state index contributed by atoms with van der Waals surface area (Å²) in [4.78, 5) is 4.45. The van der Waals surface area contributed by atoms with Gasteiger partial charge in [0.15, 0.2) is 0 Å². The first kappa shape index (κ1) is 9.12. The van der Waals surface area contributed by atoms with E-state index >= 15 is 0 Å². The third kappa shape index (κ3) is 1.50. The maximum absolute atomic E-state index is 5.91. The van der Waals surface area contributed by atoms with Crippen LogP contribution in [0.3, 0.4) is 0 Å². The van der Waals surface area contributed by atoms with Gasteiger partial charge < -0.3 is 15.6 Å². The SMILES string of the molecule is NC1C=C(c2cnc3n2CCC3)CNC1. The molecular formula is C11H16N4. The van der Waals surface area contributed by atoms with Crippen LogP contribution in [0.15, 0.2) is 12.3 Å². The minimum absolute atomic E-state index is 0.140. The molecule has 0 fully saturated rings. The number of hydrogen-bond acceptors (Lipinski definition) is 3. The van der Waals surface area contributed by atoms with Crippen LogP contribution in [0.2, 0.25) is 0 Å². The molecule has 2 aliphatic heterocycles. The summed E-state index contributed by atoms with van der Waals surface area (Å²) in [5.41, 5.74) is 8.46. The van der Waals surface area contributed by atoms with E-state index in [1.807, 2.05) is 6.20 Å². The molecule has 3 heterocycles. The normalized spacial score (nSPS) is 25.1. The minimum atomic E-state index is 0.140. The van der Waals surface area contributed by atoms with Crippen LogP contribution in [0, 0.1) is 0 Å². The molecule has 0 saturated carbocycles. The zero-order valence-corrected chi connectivity index (χ0v) is 8.74. The van der Waals surface area contributed by atoms with Crippen LogP contribution in [0.25, 0.3) is 5.57 Å². The summed E-state index contributed by atoms with van der Waals surface area (Å²) >= 11 is 0. The van der Waals surface area contributed by atoms with Gasteiger partial charge >= 0.3 is 0 Å². The fraction of sp³-hybridized carbons (Fsp3) is 0.545. The van der Waals surface area contributed by atoms with Crippen molar-refractivity contribution in [2.24, 2.45) is 5.73 Å². The Morgan fingerprint density at radius 2 is 2.47 bits per heavy atom. The Morgan fingerprint density at radius 3 is 3.33 bits per heavy atom. The van der Waals surface area contributed by atoms with E-state index in [1.54, 1.807) is 0 Å². The van der Waals surface area contributed by atoms with Gasteiger partial charge in [-0.05, 0) is 12.0 Å². The van der Waals surface area contributed by atoms with Gasteiger partial charge in [-0.1, -0.05) is 6.08 Å². The number of aromatic nitrogens is 2. The highest BCUT2D eigenvalue weighted by atomic mass is 15.1. The summed E-state index contributed by atoms with van der Waals surface area (Å²) < 4.78 is 2.32. The maximum atomic E-state index is 5.91. The third-order valence-electron chi connectivity index (χ3n) is 3.16. The number of nitrogens with one attached hydrogen (secondary N) is 1. The van der Waals surface area contributed by atoms with Crippen molar-refractivity contribution < 1.29 is 0 Å². The number of nitrogens with two attached hydrogens (primary N) is 1. The van der Waals surface area contributed by atoms with E-state index in [-0.39, 0.29) is 6.04 Å². The quantitative estimate of drug-likeness (QED) is 0.684. The zero-order chi connectivity index (χ0) is 10.3. The van der Waals surface area contributed by atoms with E-state index in [9.17, 15) is 0 Å². The molecular weight excluding hydrogens is 188 g/mol. The van der Waals surface area contributed by atoms with Crippen molar-refractivity contribution >= 4 is 5.57 Å². The van der Waals surface area contributed by atoms with E-state index in [1.165, 1.54) is 23.5 Å². The van der Waals surface area contributed by atoms with Crippen molar-refractivity contribution in [3.63, 3.8) is 0 Å². The molecule has 80 valence electrons. The number of hydrogen-bond donors (Lipinski definition) is 2. The monoisotopic (exact) mass is 204 g/mol. The van der Waals surface area contributed by atoms with Crippen molar-refractivity contribution in [3.05, 3.63) is 23.8 Å². The summed E-state index contributed by atoms with van der Waals surface area (Å²) in [7, 11) is 0. The summed E-state index contributed by atoms with van der Waals surface area (Å²) in [6.45, 7) is 2.90. The summed E-state index contributed by atoms with van der Waals surface area (Å²) in [5.74, 6) is 1.23. The van der Waals surface area contributed by atoms with Crippen LogP contribution in [0.1, 0.15) is 17.9 Å². The zero-order valence-electron chi connectivity index (χ0n) is 8.74. The van der Waals surface area contributed by atoms with Crippen molar-refractivity contribution in [2.45, 2.75) is 25.4 Å². The predicted molar refractivity (Wildman–Crippen MR) is 59.4 cm³/mol. The Morgan fingerprint density at radius 1 is 1.53 bits per heavy atom. The Kier molecular flexibility index (Phi) is 2.11. The van der Waals surface area contributed by atoms with Gasteiger partial charge in [0.1, 0.15) is 5.82 Å². The molecule has 1 aromatic heterocycles. The summed E-state index contributed by atoms with van der Waals surface area (Å²) in [5, 5.41) is 3.33. The molecule has 0 radical (unpaired) electrons. The Hall–Kier alpha value is -1.13. The van der Waals surface area contributed by atoms with Gasteiger partial charge in [0, 0.05) is 32.1 Å². The average Bonchev–Trinajstić information content (AvgIpc) is 2.77. The van der Waals surface area contributed by atoms with Gasteiger partial charge in [0.25, 0.3) is 0 Å². The lowest BCUT2D eigenvalue weighted by atomic mass is 10.1. The van der Waals surface area contributed by atoms with Gasteiger partial charge in [-0.25, -0.2) is 4.98 Å². The lowest BCUT2D eigenvalue weighted by Gasteiger charge is -2.19. The third-order valence-corrected chi connectivity index (χ3v) is 3.16. The van der Waals surface area contributed by atoms with Crippen LogP contribution >= 0.6 is 0 Å². The standard InChI is InChI=1S/C11H16N4/c12-9-4-8(5-13-6-9)10-7-14-11-2-1-3-15(10)11/h4,7,9,13H,1-3,5-6,12H2. The molecule has 15 heavy (non-hydrogen) atoms. The van der Waals surface area contributed by atoms with Crippen LogP contribution in [-0.2, 0) is 13.0 Å². The molecule has 3 N–H and O–H groups in total. The molecule has 4 nitrogen and oxygen atoms in total. The number of imidazole rings is 1. The summed E-state index contributed by atoms with van der Waals surface area (Å²) in [6, 6.07) is 0.140. The van der Waals surface area contributed by atoms with E-state index in [0.717, 1.165) is 26.1 Å². The highest BCUT2D eigenvalue weighted by Gasteiger charge is 2.19. The predicted octanol–water partition coefficient (Wildman–Crippen LogP) is 0.143. The van der Waals surface area contributed by atoms with E-state index < -0.39 is 0 Å². The molecule has 0 aliphatic carbocycles. The second-order valence-electron chi connectivity index (χ2n) is 4.30. The molecule has 2 aliphatic rings. The van der Waals surface area contributed by atoms with Crippen LogP contribution in [0.4, 0.5) is 0 Å². The summed E-state index contributed by atoms with van der Waals surface area (Å²) in [6.07, 6.45) is 6.49. The number of aryl methyl sites for hydroxylation is 1. The van der Waals surface area contributed by atoms with Crippen molar-refractivity contribution in [3.8, 4) is 0 Å². The molecule has 0 aromatic carbocycles. The maximum Gasteiger partial charge on any atom is 0.109 e. The van der Waals surface area contributed by atoms with Crippen LogP contribution < -0.4 is 11.1 Å². The topological polar surface area (TPSA) is 55.9 Å². The van der Waals surface area contributed by atoms with E-state index in [0.29, 0.717) is 0 Å². The fourth-order valence-corrected chi connectivity index (χ4v) is 2.44. The second kappa shape index (κ2) is 3.47. The van der Waals surface area contributed by atoms with Crippen molar-refractivity contribution in [2.75, 3.05) is 13.1 Å². The number of fused-ring (bicyclic) bond motifs is 1. The Balaban J connectivity index is 1.98. The number of rotatable bonds is 1. The largest absolute Gasteiger partial charge is 0.328 e. The molecule has 3 rings (SSSR count). The average molecular weight is 204 g/mol. The molecule has 0 spiro atoms. The first-order valence-corrected chi connectivity index (χ1v) is 5.56. The smallest absolute Gasteiger partial charge is 0.109 e. The highest BCUT2D eigenvalue weighted by Crippen LogP contribution is 2.23. The molecule has 1 aromatic rings. The minimum Gasteiger partial charge on any atom is -0.328 e. The second-order valence-corrected chi connectivity index (χ2v) is 4.30. The van der Waals surface area contributed by atoms with Crippen molar-refractivity contribution in [1.82, 2.24) is 14.9 Å². The van der Waals surface area contributed by atoms with Gasteiger partial charge in [0.2, 0.25) is 0 Å². The van der Waals surface area contributed by atoms with Crippen LogP contribution in [0.5, 0.6) is 0 Å². The van der Waals surface area contributed by atoms with Gasteiger partial charge in [-0.3, -0.25) is 0 Å². The highest BCUT2D eigenvalue weighted by molar-refractivity contribution is 5.66. The van der Waals surface area contributed by atoms with E-state index in [2.05, 4.69) is 20.9 Å². The molecule has 1 atom stereocenters. The van der Waals surface area contributed by atoms with Crippen molar-refractivity contribution in [1.29, 1.82) is 0 Å². The van der Waals surface area contributed by atoms with Crippen LogP contribution in [-0.4, -0.2) is 28.7 Å². The molecule has 0 saturated heterocycles. The van der Waals surface area contributed by atoms with Gasteiger partial charge in [-0.2, -0.15) is 0 Å².